The summed E-state index contributed by atoms with van der Waals surface area (Å²) in [6, 6.07) is 3.95. The van der Waals surface area contributed by atoms with Gasteiger partial charge in [-0.1, -0.05) is 15.9 Å². The molecule has 0 atom stereocenters. The summed E-state index contributed by atoms with van der Waals surface area (Å²) in [5, 5.41) is 0. The largest absolute Gasteiger partial charge is 0.240 e. The average Bonchev–Trinajstić information content (AvgIpc) is 1.85. The van der Waals surface area contributed by atoms with E-state index < -0.39 is 5.82 Å². The first-order valence-corrected chi connectivity index (χ1v) is 3.55. The summed E-state index contributed by atoms with van der Waals surface area (Å²) in [7, 11) is 0. The predicted octanol–water partition coefficient (Wildman–Crippen LogP) is 2.56. The molecule has 11 heavy (non-hydrogen) atoms. The number of aliphatic imine (C=N–C) groups is 1. The van der Waals surface area contributed by atoms with Gasteiger partial charge < -0.3 is 0 Å². The molecule has 0 unspecified atom stereocenters. The van der Waals surface area contributed by atoms with Crippen molar-refractivity contribution in [3.63, 3.8) is 0 Å². The van der Waals surface area contributed by atoms with Crippen LogP contribution in [-0.2, 0) is 4.79 Å². The fraction of sp³-hybridized carbons (Fsp3) is 0. The van der Waals surface area contributed by atoms with Crippen LogP contribution in [0.2, 0.25) is 0 Å². The second kappa shape index (κ2) is 3.42. The number of nitrogens with zero attached hydrogens (tertiary/aromatic N) is 1. The molecule has 1 aromatic rings. The van der Waals surface area contributed by atoms with Crippen LogP contribution in [0, 0.1) is 5.82 Å². The van der Waals surface area contributed by atoms with E-state index in [9.17, 15) is 9.18 Å². The highest BCUT2D eigenvalue weighted by molar-refractivity contribution is 9.10. The number of hydrogen-bond donors (Lipinski definition) is 0. The Morgan fingerprint density at radius 3 is 2.73 bits per heavy atom. The van der Waals surface area contributed by atoms with Crippen LogP contribution in [0.3, 0.4) is 0 Å². The predicted molar refractivity (Wildman–Crippen MR) is 41.9 cm³/mol. The third kappa shape index (κ3) is 2.26. The van der Waals surface area contributed by atoms with Crippen LogP contribution >= 0.6 is 15.9 Å². The maximum atomic E-state index is 12.5. The molecule has 0 amide bonds. The van der Waals surface area contributed by atoms with Gasteiger partial charge in [0, 0.05) is 10.5 Å². The van der Waals surface area contributed by atoms with Crippen molar-refractivity contribution < 1.29 is 9.18 Å². The Balaban J connectivity index is 3.18. The van der Waals surface area contributed by atoms with Gasteiger partial charge in [0.25, 0.3) is 0 Å². The second-order valence-corrected chi connectivity index (χ2v) is 2.75. The van der Waals surface area contributed by atoms with Gasteiger partial charge in [-0.25, -0.2) is 9.18 Å². The van der Waals surface area contributed by atoms with Gasteiger partial charge in [-0.3, -0.25) is 0 Å². The van der Waals surface area contributed by atoms with E-state index in [1.54, 1.807) is 0 Å². The normalized spacial score (nSPS) is 8.91. The number of isocyanates is 1. The Morgan fingerprint density at radius 1 is 1.45 bits per heavy atom. The molecule has 0 N–H and O–H groups in total. The van der Waals surface area contributed by atoms with Crippen LogP contribution in [0.5, 0.6) is 0 Å². The average molecular weight is 216 g/mol. The molecule has 0 saturated carbocycles. The van der Waals surface area contributed by atoms with Gasteiger partial charge in [-0.2, -0.15) is 4.99 Å². The lowest BCUT2D eigenvalue weighted by Crippen LogP contribution is -1.72. The van der Waals surface area contributed by atoms with Crippen LogP contribution in [0.1, 0.15) is 0 Å². The van der Waals surface area contributed by atoms with E-state index >= 15 is 0 Å². The van der Waals surface area contributed by atoms with Crippen molar-refractivity contribution in [3.05, 3.63) is 28.5 Å². The van der Waals surface area contributed by atoms with E-state index in [-0.39, 0.29) is 5.69 Å². The topological polar surface area (TPSA) is 29.4 Å². The lowest BCUT2D eigenvalue weighted by molar-refractivity contribution is 0.565. The number of benzene rings is 1. The van der Waals surface area contributed by atoms with E-state index in [2.05, 4.69) is 20.9 Å². The van der Waals surface area contributed by atoms with E-state index in [1.165, 1.54) is 18.2 Å². The summed E-state index contributed by atoms with van der Waals surface area (Å²) in [6.45, 7) is 0. The van der Waals surface area contributed by atoms with Crippen molar-refractivity contribution >= 4 is 27.7 Å². The maximum Gasteiger partial charge on any atom is 0.240 e. The first-order valence-electron chi connectivity index (χ1n) is 2.76. The molecular formula is C7H3BrFNO. The molecule has 0 aliphatic rings. The molecule has 0 aliphatic heterocycles. The minimum atomic E-state index is -0.437. The highest BCUT2D eigenvalue weighted by Crippen LogP contribution is 2.20. The molecular weight excluding hydrogens is 213 g/mol. The smallest absolute Gasteiger partial charge is 0.211 e. The highest BCUT2D eigenvalue weighted by Gasteiger charge is 1.95. The van der Waals surface area contributed by atoms with Crippen LogP contribution in [0.25, 0.3) is 0 Å². The number of carbonyl (C=O) groups excluding carboxylic acids is 1. The molecule has 56 valence electrons. The molecule has 0 fully saturated rings. The quantitative estimate of drug-likeness (QED) is 0.523. The second-order valence-electron chi connectivity index (χ2n) is 1.83. The Kier molecular flexibility index (Phi) is 2.52. The highest BCUT2D eigenvalue weighted by atomic mass is 79.9. The standard InChI is InChI=1S/C7H3BrFNO/c8-5-1-6(9)3-7(2-5)10-4-11/h1-3H. The monoisotopic (exact) mass is 215 g/mol. The van der Waals surface area contributed by atoms with Gasteiger partial charge in [0.1, 0.15) is 5.82 Å². The number of rotatable bonds is 1. The van der Waals surface area contributed by atoms with Crippen LogP contribution in [0.4, 0.5) is 10.1 Å². The van der Waals surface area contributed by atoms with Gasteiger partial charge in [-0.15, -0.1) is 0 Å². The van der Waals surface area contributed by atoms with E-state index in [4.69, 9.17) is 0 Å². The first kappa shape index (κ1) is 8.11. The fourth-order valence-electron chi connectivity index (χ4n) is 0.657. The third-order valence-electron chi connectivity index (χ3n) is 1.02. The molecule has 2 nitrogen and oxygen atoms in total. The molecule has 0 heterocycles. The maximum absolute atomic E-state index is 12.5. The van der Waals surface area contributed by atoms with E-state index in [0.29, 0.717) is 4.47 Å². The Bertz CT molecular complexity index is 300. The van der Waals surface area contributed by atoms with Crippen LogP contribution < -0.4 is 0 Å². The summed E-state index contributed by atoms with van der Waals surface area (Å²) in [6.07, 6.45) is 1.33. The molecule has 0 bridgehead atoms. The van der Waals surface area contributed by atoms with E-state index in [0.717, 1.165) is 6.07 Å². The lowest BCUT2D eigenvalue weighted by Gasteiger charge is -1.92. The SMILES string of the molecule is O=C=Nc1cc(F)cc(Br)c1. The summed E-state index contributed by atoms with van der Waals surface area (Å²) < 4.78 is 13.1. The summed E-state index contributed by atoms with van der Waals surface area (Å²) in [5.41, 5.74) is 0.256. The van der Waals surface area contributed by atoms with Crippen molar-refractivity contribution in [2.75, 3.05) is 0 Å². The summed E-state index contributed by atoms with van der Waals surface area (Å²) in [4.78, 5) is 13.0. The van der Waals surface area contributed by atoms with Gasteiger partial charge in [0.05, 0.1) is 5.69 Å². The molecule has 0 radical (unpaired) electrons. The van der Waals surface area contributed by atoms with Crippen molar-refractivity contribution in [2.45, 2.75) is 0 Å². The van der Waals surface area contributed by atoms with E-state index in [1.807, 2.05) is 0 Å². The van der Waals surface area contributed by atoms with Crippen molar-refractivity contribution in [1.29, 1.82) is 0 Å². The first-order chi connectivity index (χ1) is 5.22. The van der Waals surface area contributed by atoms with Crippen LogP contribution in [0.15, 0.2) is 27.7 Å². The van der Waals surface area contributed by atoms with Gasteiger partial charge in [0.2, 0.25) is 6.08 Å². The van der Waals surface area contributed by atoms with Gasteiger partial charge in [-0.05, 0) is 12.1 Å². The van der Waals surface area contributed by atoms with Gasteiger partial charge in [0.15, 0.2) is 0 Å². The summed E-state index contributed by atoms with van der Waals surface area (Å²) >= 11 is 3.05. The van der Waals surface area contributed by atoms with Crippen LogP contribution in [-0.4, -0.2) is 6.08 Å². The van der Waals surface area contributed by atoms with Crippen molar-refractivity contribution in [1.82, 2.24) is 0 Å². The zero-order valence-corrected chi connectivity index (χ0v) is 6.93. The molecule has 0 spiro atoms. The minimum absolute atomic E-state index is 0.256. The third-order valence-corrected chi connectivity index (χ3v) is 1.48. The Labute approximate surface area is 70.9 Å². The Morgan fingerprint density at radius 2 is 2.18 bits per heavy atom. The Hall–Kier alpha value is -0.990. The fourth-order valence-corrected chi connectivity index (χ4v) is 1.11. The van der Waals surface area contributed by atoms with Gasteiger partial charge >= 0.3 is 0 Å². The molecule has 0 aromatic heterocycles. The molecule has 0 saturated heterocycles. The molecule has 1 aromatic carbocycles. The number of halogens is 2. The summed E-state index contributed by atoms with van der Waals surface area (Å²) in [5.74, 6) is -0.437. The zero-order chi connectivity index (χ0) is 8.27. The zero-order valence-electron chi connectivity index (χ0n) is 5.34. The molecule has 0 aliphatic carbocycles. The van der Waals surface area contributed by atoms with Crippen molar-refractivity contribution in [2.24, 2.45) is 4.99 Å². The number of hydrogen-bond acceptors (Lipinski definition) is 2. The molecule has 1 rings (SSSR count). The van der Waals surface area contributed by atoms with Crippen molar-refractivity contribution in [3.8, 4) is 0 Å². The minimum Gasteiger partial charge on any atom is -0.211 e. The lowest BCUT2D eigenvalue weighted by atomic mass is 10.3. The molecule has 4 heteroatoms.